The highest BCUT2D eigenvalue weighted by atomic mass is 16.4. The van der Waals surface area contributed by atoms with Crippen molar-refractivity contribution in [2.24, 2.45) is 21.7 Å². The summed E-state index contributed by atoms with van der Waals surface area (Å²) in [6.07, 6.45) is 3.17. The molecule has 1 aliphatic heterocycles. The number of nitrogens with one attached hydrogen (secondary N) is 1. The molecule has 0 spiro atoms. The van der Waals surface area contributed by atoms with Crippen LogP contribution in [0, 0.1) is 0 Å². The zero-order chi connectivity index (χ0) is 29.9. The number of aliphatic hydroxyl groups is 2. The Morgan fingerprint density at radius 1 is 1.07 bits per heavy atom. The Labute approximate surface area is 236 Å². The quantitative estimate of drug-likeness (QED) is 0.163. The summed E-state index contributed by atoms with van der Waals surface area (Å²) < 4.78 is 5.27. The first-order valence-corrected chi connectivity index (χ1v) is 12.9. The van der Waals surface area contributed by atoms with E-state index >= 15 is 0 Å². The molecule has 0 bridgehead atoms. The number of furan rings is 1. The molecule has 13 heteroatoms. The van der Waals surface area contributed by atoms with Crippen molar-refractivity contribution in [3.8, 4) is 17.1 Å². The number of fused-ring (bicyclic) bond motifs is 1. The standard InChI is InChI=1S/C24H20N4O5.2C2H7NO/c1-13-21(23(30)28(27-13)16-9-8-14-4-2-5-15(14)12-16)26-25-18-7-3-6-17(22(18)29)19-10-11-20(33-19)24(31)32;2*3-1-2-4/h3,6-12,25,29H,2,4-5H2,1H3,(H,31,32);2*4H,1-3H2/b26-21-;;. The second-order valence-electron chi connectivity index (χ2n) is 8.88. The molecule has 2 aliphatic rings. The lowest BCUT2D eigenvalue weighted by atomic mass is 10.1. The number of aryl methyl sites for hydroxylation is 2. The number of aromatic carboxylic acids is 1. The van der Waals surface area contributed by atoms with Gasteiger partial charge in [-0.3, -0.25) is 10.2 Å². The third-order valence-electron chi connectivity index (χ3n) is 5.98. The highest BCUT2D eigenvalue weighted by Crippen LogP contribution is 2.36. The molecule has 13 nitrogen and oxygen atoms in total. The van der Waals surface area contributed by atoms with Gasteiger partial charge in [-0.05, 0) is 73.7 Å². The van der Waals surface area contributed by atoms with Gasteiger partial charge in [-0.1, -0.05) is 12.1 Å². The van der Waals surface area contributed by atoms with Crippen molar-refractivity contribution in [1.82, 2.24) is 0 Å². The van der Waals surface area contributed by atoms with Crippen LogP contribution in [-0.2, 0) is 17.6 Å². The van der Waals surface area contributed by atoms with Crippen LogP contribution >= 0.6 is 0 Å². The van der Waals surface area contributed by atoms with Crippen molar-refractivity contribution >= 4 is 34.7 Å². The Balaban J connectivity index is 0.000000515. The number of anilines is 2. The Kier molecular flexibility index (Phi) is 11.1. The molecule has 1 aliphatic carbocycles. The van der Waals surface area contributed by atoms with E-state index in [1.807, 2.05) is 18.2 Å². The number of hydrazone groups is 2. The Bertz CT molecular complexity index is 1430. The molecule has 5 rings (SSSR count). The molecular formula is C28H34N6O7. The summed E-state index contributed by atoms with van der Waals surface area (Å²) in [7, 11) is 0. The van der Waals surface area contributed by atoms with Crippen LogP contribution in [0.3, 0.4) is 0 Å². The number of phenolic OH excluding ortho intramolecular Hbond substituents is 1. The third kappa shape index (κ3) is 7.55. The second-order valence-corrected chi connectivity index (χ2v) is 8.88. The number of carbonyl (C=O) groups excluding carboxylic acids is 1. The number of rotatable bonds is 7. The molecule has 2 heterocycles. The first-order chi connectivity index (χ1) is 19.7. The van der Waals surface area contributed by atoms with Crippen molar-refractivity contribution in [1.29, 1.82) is 0 Å². The fourth-order valence-corrected chi connectivity index (χ4v) is 4.04. The summed E-state index contributed by atoms with van der Waals surface area (Å²) >= 11 is 0. The molecule has 41 heavy (non-hydrogen) atoms. The molecular weight excluding hydrogens is 532 g/mol. The number of carboxylic acids is 1. The first kappa shape index (κ1) is 31.0. The van der Waals surface area contributed by atoms with Gasteiger partial charge in [0.05, 0.1) is 35.9 Å². The second kappa shape index (κ2) is 14.7. The predicted molar refractivity (Wildman–Crippen MR) is 155 cm³/mol. The highest BCUT2D eigenvalue weighted by Gasteiger charge is 2.31. The molecule has 9 N–H and O–H groups in total. The van der Waals surface area contributed by atoms with Gasteiger partial charge in [-0.2, -0.15) is 15.2 Å². The van der Waals surface area contributed by atoms with Gasteiger partial charge in [0.2, 0.25) is 5.76 Å². The van der Waals surface area contributed by atoms with Crippen molar-refractivity contribution in [3.05, 3.63) is 65.4 Å². The molecule has 0 saturated carbocycles. The van der Waals surface area contributed by atoms with Crippen molar-refractivity contribution in [2.75, 3.05) is 36.7 Å². The van der Waals surface area contributed by atoms with Gasteiger partial charge in [-0.15, -0.1) is 0 Å². The van der Waals surface area contributed by atoms with Crippen LogP contribution in [0.5, 0.6) is 5.75 Å². The fraction of sp³-hybridized carbons (Fsp3) is 0.286. The summed E-state index contributed by atoms with van der Waals surface area (Å²) in [5.74, 6) is -1.81. The number of aromatic hydroxyl groups is 1. The largest absolute Gasteiger partial charge is 0.505 e. The van der Waals surface area contributed by atoms with Crippen LogP contribution in [0.1, 0.15) is 35.0 Å². The Morgan fingerprint density at radius 2 is 1.76 bits per heavy atom. The van der Waals surface area contributed by atoms with E-state index in [1.165, 1.54) is 28.3 Å². The van der Waals surface area contributed by atoms with Gasteiger partial charge >= 0.3 is 11.9 Å². The average Bonchev–Trinajstić information content (AvgIpc) is 3.72. The minimum absolute atomic E-state index is 0.0972. The molecule has 0 radical (unpaired) electrons. The van der Waals surface area contributed by atoms with Gasteiger partial charge in [0.1, 0.15) is 5.76 Å². The van der Waals surface area contributed by atoms with E-state index in [0.717, 1.165) is 19.3 Å². The minimum atomic E-state index is -1.20. The fourth-order valence-electron chi connectivity index (χ4n) is 4.04. The number of para-hydroxylation sites is 1. The van der Waals surface area contributed by atoms with Gasteiger partial charge in [-0.25, -0.2) is 4.79 Å². The normalized spacial score (nSPS) is 14.6. The molecule has 0 unspecified atom stereocenters. The van der Waals surface area contributed by atoms with E-state index in [1.54, 1.807) is 25.1 Å². The Hall–Kier alpha value is -4.56. The van der Waals surface area contributed by atoms with Crippen molar-refractivity contribution in [3.63, 3.8) is 0 Å². The van der Waals surface area contributed by atoms with E-state index in [2.05, 4.69) is 15.6 Å². The number of amides is 1. The molecule has 0 atom stereocenters. The summed E-state index contributed by atoms with van der Waals surface area (Å²) in [6, 6.07) is 13.5. The first-order valence-electron chi connectivity index (χ1n) is 12.9. The lowest BCUT2D eigenvalue weighted by Gasteiger charge is -2.13. The molecule has 218 valence electrons. The number of nitrogens with zero attached hydrogens (tertiary/aromatic N) is 3. The molecule has 0 fully saturated rings. The number of hydrogen-bond acceptors (Lipinski definition) is 11. The van der Waals surface area contributed by atoms with Gasteiger partial charge in [0.15, 0.2) is 11.5 Å². The number of benzene rings is 2. The number of nitrogens with two attached hydrogens (primary N) is 2. The van der Waals surface area contributed by atoms with Crippen LogP contribution in [-0.4, -0.2) is 70.0 Å². The van der Waals surface area contributed by atoms with Gasteiger partial charge in [0.25, 0.3) is 0 Å². The molecule has 0 saturated heterocycles. The minimum Gasteiger partial charge on any atom is -0.505 e. The van der Waals surface area contributed by atoms with Gasteiger partial charge < -0.3 is 36.3 Å². The maximum atomic E-state index is 13.0. The number of carbonyl (C=O) groups is 2. The third-order valence-corrected chi connectivity index (χ3v) is 5.98. The molecule has 1 amide bonds. The summed E-state index contributed by atoms with van der Waals surface area (Å²) in [6.45, 7) is 2.64. The van der Waals surface area contributed by atoms with E-state index in [-0.39, 0.29) is 53.4 Å². The monoisotopic (exact) mass is 566 g/mol. The summed E-state index contributed by atoms with van der Waals surface area (Å²) in [5, 5.41) is 45.1. The SMILES string of the molecule is CC1=NN(c2ccc3c(c2)CCC3)C(=O)/C1=N\Nc1cccc(-c2ccc(C(=O)O)o2)c1O.NCCO.NCCO. The zero-order valence-electron chi connectivity index (χ0n) is 22.6. The number of carboxylic acid groups (broad SMARTS) is 1. The summed E-state index contributed by atoms with van der Waals surface area (Å²) in [4.78, 5) is 24.0. The van der Waals surface area contributed by atoms with Crippen LogP contribution in [0.25, 0.3) is 11.3 Å². The predicted octanol–water partition coefficient (Wildman–Crippen LogP) is 1.90. The smallest absolute Gasteiger partial charge is 0.371 e. The number of aliphatic hydroxyl groups excluding tert-OH is 2. The summed E-state index contributed by atoms with van der Waals surface area (Å²) in [5.41, 5.74) is 16.6. The van der Waals surface area contributed by atoms with Crippen LogP contribution in [0.4, 0.5) is 11.4 Å². The zero-order valence-corrected chi connectivity index (χ0v) is 22.6. The lowest BCUT2D eigenvalue weighted by Crippen LogP contribution is -2.28. The van der Waals surface area contributed by atoms with Crippen LogP contribution in [0.15, 0.2) is 63.2 Å². The lowest BCUT2D eigenvalue weighted by molar-refractivity contribution is -0.112. The van der Waals surface area contributed by atoms with Crippen LogP contribution < -0.4 is 21.9 Å². The van der Waals surface area contributed by atoms with E-state index in [0.29, 0.717) is 24.5 Å². The van der Waals surface area contributed by atoms with Crippen LogP contribution in [0.2, 0.25) is 0 Å². The number of hydrogen-bond donors (Lipinski definition) is 7. The Morgan fingerprint density at radius 3 is 2.39 bits per heavy atom. The molecule has 2 aromatic carbocycles. The number of phenols is 1. The molecule has 1 aromatic heterocycles. The van der Waals surface area contributed by atoms with E-state index in [9.17, 15) is 14.7 Å². The maximum absolute atomic E-state index is 13.0. The van der Waals surface area contributed by atoms with Crippen molar-refractivity contribution in [2.45, 2.75) is 26.2 Å². The molecule has 3 aromatic rings. The van der Waals surface area contributed by atoms with Crippen molar-refractivity contribution < 1.29 is 34.4 Å². The topological polar surface area (TPSA) is 220 Å². The maximum Gasteiger partial charge on any atom is 0.371 e. The highest BCUT2D eigenvalue weighted by molar-refractivity contribution is 6.71. The van der Waals surface area contributed by atoms with E-state index < -0.39 is 5.97 Å². The van der Waals surface area contributed by atoms with E-state index in [4.69, 9.17) is 31.2 Å². The van der Waals surface area contributed by atoms with Gasteiger partial charge in [0, 0.05) is 13.1 Å². The average molecular weight is 567 g/mol.